The third kappa shape index (κ3) is 4.96. The van der Waals surface area contributed by atoms with Crippen LogP contribution in [0.3, 0.4) is 0 Å². The van der Waals surface area contributed by atoms with Gasteiger partial charge in [-0.1, -0.05) is 60.7 Å². The van der Waals surface area contributed by atoms with Gasteiger partial charge in [0.05, 0.1) is 24.0 Å². The van der Waals surface area contributed by atoms with Crippen LogP contribution in [-0.2, 0) is 26.2 Å². The lowest BCUT2D eigenvalue weighted by molar-refractivity contribution is -0.174. The molecule has 3 aromatic rings. The molecule has 3 heterocycles. The van der Waals surface area contributed by atoms with Gasteiger partial charge in [-0.05, 0) is 36.8 Å². The smallest absolute Gasteiger partial charge is 0.295 e. The van der Waals surface area contributed by atoms with Gasteiger partial charge in [0.15, 0.2) is 0 Å². The van der Waals surface area contributed by atoms with Crippen molar-refractivity contribution in [3.63, 3.8) is 0 Å². The molecule has 0 aliphatic carbocycles. The Morgan fingerprint density at radius 3 is 2.32 bits per heavy atom. The minimum absolute atomic E-state index is 0.169. The summed E-state index contributed by atoms with van der Waals surface area (Å²) in [6.45, 7) is 1.25. The van der Waals surface area contributed by atoms with E-state index >= 15 is 0 Å². The third-order valence-corrected chi connectivity index (χ3v) is 7.73. The topological polar surface area (TPSA) is 117 Å². The Bertz CT molecular complexity index is 1650. The second-order valence-electron chi connectivity index (χ2n) is 9.42. The fourth-order valence-electron chi connectivity index (χ4n) is 4.71. The molecular weight excluding hydrogens is 568 g/mol. The quantitative estimate of drug-likeness (QED) is 0.193. The number of carbonyl (C=O) groups excluding carboxylic acids is 4. The van der Waals surface area contributed by atoms with Crippen molar-refractivity contribution in [2.24, 2.45) is 7.05 Å². The molecule has 2 aliphatic rings. The van der Waals surface area contributed by atoms with Crippen LogP contribution in [0.5, 0.6) is 0 Å². The number of nitrogens with one attached hydrogen (secondary N) is 1. The van der Waals surface area contributed by atoms with Crippen LogP contribution in [-0.4, -0.2) is 71.0 Å². The highest BCUT2D eigenvalue weighted by atomic mass is 35.5. The summed E-state index contributed by atoms with van der Waals surface area (Å²) in [4.78, 5) is 65.5. The highest BCUT2D eigenvalue weighted by Gasteiger charge is 2.53. The van der Waals surface area contributed by atoms with Crippen molar-refractivity contribution in [1.82, 2.24) is 24.3 Å². The number of aromatic nitrogens is 2. The molecule has 2 aliphatic heterocycles. The first-order valence-electron chi connectivity index (χ1n) is 12.6. The number of rotatable bonds is 7. The molecule has 0 saturated carbocycles. The van der Waals surface area contributed by atoms with Crippen molar-refractivity contribution in [1.29, 1.82) is 0 Å². The van der Waals surface area contributed by atoms with Crippen molar-refractivity contribution < 1.29 is 19.2 Å². The van der Waals surface area contributed by atoms with E-state index in [0.29, 0.717) is 16.3 Å². The van der Waals surface area contributed by atoms with E-state index in [1.165, 1.54) is 4.68 Å². The zero-order chi connectivity index (χ0) is 29.4. The van der Waals surface area contributed by atoms with Crippen LogP contribution in [0, 0.1) is 6.92 Å². The molecule has 1 aromatic heterocycles. The fraction of sp³-hybridized carbons (Fsp3) is 0.214. The number of carbonyl (C=O) groups is 4. The standard InChI is InChI=1S/C28H25ClN6O5S/c1-17-25(27(40)33(31(17)2)19-11-7-4-8-12-19)30-16-23(38)32-21(36)15-22(37)35(28(32)41)34-20(24(29)26(34)39)14-13-18-9-5-3-6-10-18/h3-14,20,24,30H,15-16H2,1-2H3/b14-13+. The van der Waals surface area contributed by atoms with E-state index in [9.17, 15) is 24.0 Å². The van der Waals surface area contributed by atoms with Gasteiger partial charge in [0.1, 0.15) is 17.5 Å². The van der Waals surface area contributed by atoms with E-state index in [1.54, 1.807) is 55.1 Å². The van der Waals surface area contributed by atoms with Crippen LogP contribution in [0.15, 0.2) is 71.5 Å². The maximum absolute atomic E-state index is 13.3. The predicted molar refractivity (Wildman–Crippen MR) is 156 cm³/mol. The van der Waals surface area contributed by atoms with E-state index in [1.807, 2.05) is 36.4 Å². The van der Waals surface area contributed by atoms with E-state index in [2.05, 4.69) is 5.32 Å². The van der Waals surface area contributed by atoms with Crippen LogP contribution in [0.2, 0.25) is 0 Å². The summed E-state index contributed by atoms with van der Waals surface area (Å²) in [6, 6.07) is 17.5. The predicted octanol–water partition coefficient (Wildman–Crippen LogP) is 2.22. The number of hydrogen-bond acceptors (Lipinski definition) is 7. The number of nitrogens with zero attached hydrogens (tertiary/aromatic N) is 5. The number of anilines is 1. The largest absolute Gasteiger partial charge is 0.370 e. The molecule has 210 valence electrons. The Morgan fingerprint density at radius 2 is 1.66 bits per heavy atom. The fourth-order valence-corrected chi connectivity index (χ4v) is 5.39. The maximum Gasteiger partial charge on any atom is 0.295 e. The molecule has 5 rings (SSSR count). The van der Waals surface area contributed by atoms with Crippen molar-refractivity contribution in [2.45, 2.75) is 24.8 Å². The molecule has 2 aromatic carbocycles. The molecule has 13 heteroatoms. The molecule has 11 nitrogen and oxygen atoms in total. The van der Waals surface area contributed by atoms with Gasteiger partial charge in [-0.2, -0.15) is 5.01 Å². The molecule has 0 radical (unpaired) electrons. The number of imide groups is 1. The average Bonchev–Trinajstić information content (AvgIpc) is 3.18. The lowest BCUT2D eigenvalue weighted by Gasteiger charge is -2.50. The van der Waals surface area contributed by atoms with Gasteiger partial charge < -0.3 is 5.32 Å². The van der Waals surface area contributed by atoms with Crippen LogP contribution in [0.1, 0.15) is 17.7 Å². The van der Waals surface area contributed by atoms with Gasteiger partial charge >= 0.3 is 0 Å². The van der Waals surface area contributed by atoms with E-state index in [-0.39, 0.29) is 11.2 Å². The number of benzene rings is 2. The summed E-state index contributed by atoms with van der Waals surface area (Å²) in [5, 5.41) is 3.32. The number of para-hydroxylation sites is 1. The summed E-state index contributed by atoms with van der Waals surface area (Å²) in [5.74, 6) is -2.97. The molecule has 2 fully saturated rings. The molecule has 1 N–H and O–H groups in total. The summed E-state index contributed by atoms with van der Waals surface area (Å²) < 4.78 is 3.09. The summed E-state index contributed by atoms with van der Waals surface area (Å²) in [6.07, 6.45) is 2.73. The Balaban J connectivity index is 1.35. The van der Waals surface area contributed by atoms with Crippen LogP contribution in [0.25, 0.3) is 11.8 Å². The second kappa shape index (κ2) is 11.1. The van der Waals surface area contributed by atoms with E-state index < -0.39 is 53.1 Å². The number of thiocarbonyl (C=S) groups is 1. The maximum atomic E-state index is 13.3. The lowest BCUT2D eigenvalue weighted by Crippen LogP contribution is -2.73. The number of hydrazine groups is 1. The van der Waals surface area contributed by atoms with Crippen LogP contribution >= 0.6 is 23.8 Å². The van der Waals surface area contributed by atoms with Gasteiger partial charge in [-0.3, -0.25) is 28.7 Å². The number of halogens is 1. The molecule has 41 heavy (non-hydrogen) atoms. The molecule has 2 atom stereocenters. The van der Waals surface area contributed by atoms with E-state index in [0.717, 1.165) is 15.6 Å². The molecule has 2 saturated heterocycles. The summed E-state index contributed by atoms with van der Waals surface area (Å²) in [5.41, 5.74) is 1.83. The van der Waals surface area contributed by atoms with Gasteiger partial charge in [0.2, 0.25) is 11.0 Å². The monoisotopic (exact) mass is 592 g/mol. The highest BCUT2D eigenvalue weighted by Crippen LogP contribution is 2.32. The van der Waals surface area contributed by atoms with Gasteiger partial charge in [0.25, 0.3) is 23.3 Å². The SMILES string of the molecule is Cc1c(NCC(=O)N2C(=O)CC(=O)N(N3C(=O)C(Cl)C3/C=C/c3ccccc3)C2=S)c(=O)n(-c2ccccc2)n1C. The Morgan fingerprint density at radius 1 is 1.02 bits per heavy atom. The lowest BCUT2D eigenvalue weighted by atomic mass is 10.0. The molecule has 0 bridgehead atoms. The number of alkyl halides is 1. The molecule has 0 spiro atoms. The first-order chi connectivity index (χ1) is 19.6. The zero-order valence-corrected chi connectivity index (χ0v) is 23.6. The second-order valence-corrected chi connectivity index (χ2v) is 10.3. The number of hydrogen-bond donors (Lipinski definition) is 1. The number of amides is 4. The minimum Gasteiger partial charge on any atom is -0.370 e. The molecule has 2 unspecified atom stereocenters. The summed E-state index contributed by atoms with van der Waals surface area (Å²) in [7, 11) is 1.71. The molecule has 4 amide bonds. The van der Waals surface area contributed by atoms with Crippen molar-refractivity contribution in [3.8, 4) is 5.69 Å². The first kappa shape index (κ1) is 28.0. The minimum atomic E-state index is -0.957. The van der Waals surface area contributed by atoms with Gasteiger partial charge in [-0.15, -0.1) is 11.6 Å². The zero-order valence-electron chi connectivity index (χ0n) is 22.1. The highest BCUT2D eigenvalue weighted by molar-refractivity contribution is 7.80. The Kier molecular flexibility index (Phi) is 7.61. The molecular formula is C28H25ClN6O5S. The van der Waals surface area contributed by atoms with Crippen molar-refractivity contribution in [2.75, 3.05) is 11.9 Å². The van der Waals surface area contributed by atoms with Crippen LogP contribution < -0.4 is 10.9 Å². The van der Waals surface area contributed by atoms with E-state index in [4.69, 9.17) is 23.8 Å². The summed E-state index contributed by atoms with van der Waals surface area (Å²) >= 11 is 11.6. The van der Waals surface area contributed by atoms with Crippen molar-refractivity contribution in [3.05, 3.63) is 88.4 Å². The van der Waals surface area contributed by atoms with Crippen molar-refractivity contribution >= 4 is 64.3 Å². The first-order valence-corrected chi connectivity index (χ1v) is 13.5. The Labute approximate surface area is 245 Å². The Hall–Kier alpha value is -4.55. The van der Waals surface area contributed by atoms with Crippen LogP contribution in [0.4, 0.5) is 5.69 Å². The number of β-lactam (4-membered cyclic amide) rings is 1. The normalized spacial score (nSPS) is 19.2. The average molecular weight is 593 g/mol. The third-order valence-electron chi connectivity index (χ3n) is 6.93. The van der Waals surface area contributed by atoms with Gasteiger partial charge in [-0.25, -0.2) is 14.6 Å². The van der Waals surface area contributed by atoms with Gasteiger partial charge in [0, 0.05) is 7.05 Å².